The monoisotopic (exact) mass is 241 g/mol. The maximum absolute atomic E-state index is 11.2. The SMILES string of the molecule is Cn1ccnc1SCC(N)(C(=O)O)C1CC1. The number of rotatable bonds is 5. The molecule has 88 valence electrons. The molecule has 16 heavy (non-hydrogen) atoms. The van der Waals surface area contributed by atoms with Crippen molar-refractivity contribution in [2.45, 2.75) is 23.5 Å². The first kappa shape index (κ1) is 11.5. The van der Waals surface area contributed by atoms with Gasteiger partial charge in [0, 0.05) is 25.2 Å². The first-order chi connectivity index (χ1) is 7.54. The molecule has 1 saturated carbocycles. The normalized spacial score (nSPS) is 19.4. The highest BCUT2D eigenvalue weighted by molar-refractivity contribution is 7.99. The summed E-state index contributed by atoms with van der Waals surface area (Å²) < 4.78 is 1.86. The smallest absolute Gasteiger partial charge is 0.324 e. The van der Waals surface area contributed by atoms with Crippen LogP contribution in [0, 0.1) is 5.92 Å². The van der Waals surface area contributed by atoms with Gasteiger partial charge in [0.25, 0.3) is 0 Å². The second-order valence-corrected chi connectivity index (χ2v) is 5.17. The molecule has 1 atom stereocenters. The van der Waals surface area contributed by atoms with Crippen LogP contribution < -0.4 is 5.73 Å². The topological polar surface area (TPSA) is 81.1 Å². The molecule has 1 aromatic heterocycles. The van der Waals surface area contributed by atoms with E-state index in [9.17, 15) is 9.90 Å². The molecule has 0 bridgehead atoms. The largest absolute Gasteiger partial charge is 0.480 e. The van der Waals surface area contributed by atoms with E-state index < -0.39 is 11.5 Å². The van der Waals surface area contributed by atoms with E-state index in [1.165, 1.54) is 11.8 Å². The van der Waals surface area contributed by atoms with E-state index in [0.29, 0.717) is 5.75 Å². The summed E-state index contributed by atoms with van der Waals surface area (Å²) >= 11 is 1.40. The van der Waals surface area contributed by atoms with Crippen LogP contribution >= 0.6 is 11.8 Å². The van der Waals surface area contributed by atoms with Crippen molar-refractivity contribution in [3.05, 3.63) is 12.4 Å². The third-order valence-corrected chi connectivity index (χ3v) is 4.19. The van der Waals surface area contributed by atoms with Crippen LogP contribution in [0.3, 0.4) is 0 Å². The van der Waals surface area contributed by atoms with Gasteiger partial charge in [-0.25, -0.2) is 4.98 Å². The average molecular weight is 241 g/mol. The second-order valence-electron chi connectivity index (χ2n) is 4.23. The molecule has 1 fully saturated rings. The first-order valence-electron chi connectivity index (χ1n) is 5.16. The van der Waals surface area contributed by atoms with E-state index >= 15 is 0 Å². The van der Waals surface area contributed by atoms with Gasteiger partial charge in [0.1, 0.15) is 5.54 Å². The van der Waals surface area contributed by atoms with Gasteiger partial charge in [-0.15, -0.1) is 0 Å². The number of aryl methyl sites for hydroxylation is 1. The van der Waals surface area contributed by atoms with Crippen LogP contribution in [0.15, 0.2) is 17.6 Å². The minimum atomic E-state index is -1.10. The van der Waals surface area contributed by atoms with Crippen molar-refractivity contribution in [2.24, 2.45) is 18.7 Å². The van der Waals surface area contributed by atoms with Crippen LogP contribution in [0.1, 0.15) is 12.8 Å². The number of carboxylic acid groups (broad SMARTS) is 1. The standard InChI is InChI=1S/C10H15N3O2S/c1-13-5-4-12-9(13)16-6-10(11,8(14)15)7-2-3-7/h4-5,7H,2-3,6,11H2,1H3,(H,14,15). The number of hydrogen-bond acceptors (Lipinski definition) is 4. The number of carboxylic acids is 1. The van der Waals surface area contributed by atoms with Crippen LogP contribution in [0.25, 0.3) is 0 Å². The Labute approximate surface area is 98.0 Å². The highest BCUT2D eigenvalue weighted by Gasteiger charge is 2.48. The summed E-state index contributed by atoms with van der Waals surface area (Å²) in [6.07, 6.45) is 5.37. The Balaban J connectivity index is 2.02. The van der Waals surface area contributed by atoms with E-state index in [0.717, 1.165) is 18.0 Å². The summed E-state index contributed by atoms with van der Waals surface area (Å²) in [5, 5.41) is 9.98. The Morgan fingerprint density at radius 1 is 1.81 bits per heavy atom. The number of hydrogen-bond donors (Lipinski definition) is 2. The lowest BCUT2D eigenvalue weighted by atomic mass is 9.98. The van der Waals surface area contributed by atoms with Gasteiger partial charge in [-0.3, -0.25) is 4.79 Å². The van der Waals surface area contributed by atoms with E-state index in [2.05, 4.69) is 4.98 Å². The summed E-state index contributed by atoms with van der Waals surface area (Å²) in [6.45, 7) is 0. The zero-order chi connectivity index (χ0) is 11.8. The molecule has 0 radical (unpaired) electrons. The molecule has 5 nitrogen and oxygen atoms in total. The van der Waals surface area contributed by atoms with Crippen LogP contribution in [0.5, 0.6) is 0 Å². The second kappa shape index (κ2) is 4.10. The Morgan fingerprint density at radius 2 is 2.50 bits per heavy atom. The van der Waals surface area contributed by atoms with Crippen LogP contribution in [0.4, 0.5) is 0 Å². The van der Waals surface area contributed by atoms with Gasteiger partial charge in [0.05, 0.1) is 0 Å². The van der Waals surface area contributed by atoms with Crippen LogP contribution in [0.2, 0.25) is 0 Å². The predicted molar refractivity (Wildman–Crippen MR) is 61.2 cm³/mol. The number of imidazole rings is 1. The van der Waals surface area contributed by atoms with Gasteiger partial charge >= 0.3 is 5.97 Å². The fourth-order valence-corrected chi connectivity index (χ4v) is 2.75. The zero-order valence-corrected chi connectivity index (χ0v) is 9.91. The summed E-state index contributed by atoms with van der Waals surface area (Å²) in [6, 6.07) is 0. The lowest BCUT2D eigenvalue weighted by molar-refractivity contribution is -0.143. The predicted octanol–water partition coefficient (Wildman–Crippen LogP) is 0.704. The molecule has 1 aliphatic carbocycles. The quantitative estimate of drug-likeness (QED) is 0.742. The summed E-state index contributed by atoms with van der Waals surface area (Å²) in [4.78, 5) is 15.3. The Morgan fingerprint density at radius 3 is 2.94 bits per heavy atom. The number of aromatic nitrogens is 2. The molecule has 1 unspecified atom stereocenters. The fourth-order valence-electron chi connectivity index (χ4n) is 1.63. The minimum absolute atomic E-state index is 0.123. The third-order valence-electron chi connectivity index (χ3n) is 2.92. The Hall–Kier alpha value is -1.01. The number of nitrogens with two attached hydrogens (primary N) is 1. The minimum Gasteiger partial charge on any atom is -0.480 e. The van der Waals surface area contributed by atoms with Crippen LogP contribution in [-0.4, -0.2) is 31.9 Å². The molecule has 3 N–H and O–H groups in total. The average Bonchev–Trinajstić information content (AvgIpc) is 3.00. The molecule has 1 aromatic rings. The molecule has 0 spiro atoms. The number of carbonyl (C=O) groups is 1. The lowest BCUT2D eigenvalue weighted by Gasteiger charge is -2.23. The van der Waals surface area contributed by atoms with Gasteiger partial charge in [0.2, 0.25) is 0 Å². The highest BCUT2D eigenvalue weighted by Crippen LogP contribution is 2.40. The van der Waals surface area contributed by atoms with Gasteiger partial charge in [0.15, 0.2) is 5.16 Å². The van der Waals surface area contributed by atoms with Gasteiger partial charge in [-0.1, -0.05) is 11.8 Å². The molecule has 1 heterocycles. The summed E-state index contributed by atoms with van der Waals surface area (Å²) in [7, 11) is 1.88. The molecule has 0 aliphatic heterocycles. The molecule has 0 aromatic carbocycles. The van der Waals surface area contributed by atoms with Crippen molar-refractivity contribution in [3.63, 3.8) is 0 Å². The van der Waals surface area contributed by atoms with E-state index in [4.69, 9.17) is 5.73 Å². The van der Waals surface area contributed by atoms with Crippen LogP contribution in [-0.2, 0) is 11.8 Å². The van der Waals surface area contributed by atoms with Crippen molar-refractivity contribution in [3.8, 4) is 0 Å². The fraction of sp³-hybridized carbons (Fsp3) is 0.600. The first-order valence-corrected chi connectivity index (χ1v) is 6.15. The Kier molecular flexibility index (Phi) is 2.94. The highest BCUT2D eigenvalue weighted by atomic mass is 32.2. The van der Waals surface area contributed by atoms with E-state index in [1.54, 1.807) is 6.20 Å². The maximum Gasteiger partial charge on any atom is 0.324 e. The number of nitrogens with zero attached hydrogens (tertiary/aromatic N) is 2. The van der Waals surface area contributed by atoms with Crippen molar-refractivity contribution >= 4 is 17.7 Å². The van der Waals surface area contributed by atoms with Crippen molar-refractivity contribution < 1.29 is 9.90 Å². The van der Waals surface area contributed by atoms with Gasteiger partial charge < -0.3 is 15.4 Å². The van der Waals surface area contributed by atoms with Crippen molar-refractivity contribution in [1.82, 2.24) is 9.55 Å². The molecule has 6 heteroatoms. The van der Waals surface area contributed by atoms with Crippen molar-refractivity contribution in [1.29, 1.82) is 0 Å². The van der Waals surface area contributed by atoms with Gasteiger partial charge in [-0.05, 0) is 18.8 Å². The van der Waals surface area contributed by atoms with E-state index in [-0.39, 0.29) is 5.92 Å². The third kappa shape index (κ3) is 2.08. The maximum atomic E-state index is 11.2. The van der Waals surface area contributed by atoms with Gasteiger partial charge in [-0.2, -0.15) is 0 Å². The van der Waals surface area contributed by atoms with Crippen molar-refractivity contribution in [2.75, 3.05) is 5.75 Å². The summed E-state index contributed by atoms with van der Waals surface area (Å²) in [5.41, 5.74) is 4.85. The molecular formula is C10H15N3O2S. The lowest BCUT2D eigenvalue weighted by Crippen LogP contribution is -2.52. The number of thioether (sulfide) groups is 1. The summed E-state index contributed by atoms with van der Waals surface area (Å²) in [5.74, 6) is -0.410. The molecule has 1 aliphatic rings. The van der Waals surface area contributed by atoms with E-state index in [1.807, 2.05) is 17.8 Å². The zero-order valence-electron chi connectivity index (χ0n) is 9.09. The Bertz CT molecular complexity index is 403. The molecular weight excluding hydrogens is 226 g/mol. The molecule has 0 saturated heterocycles. The molecule has 0 amide bonds. The molecule has 2 rings (SSSR count). The number of aliphatic carboxylic acids is 1.